The molecule has 1 saturated heterocycles. The monoisotopic (exact) mass is 629 g/mol. The summed E-state index contributed by atoms with van der Waals surface area (Å²) in [6.07, 6.45) is 10.5. The summed E-state index contributed by atoms with van der Waals surface area (Å²) in [4.78, 5) is 56.8. The third kappa shape index (κ3) is 7.30. The van der Waals surface area contributed by atoms with Crippen LogP contribution in [0.2, 0.25) is 0 Å². The largest absolute Gasteiger partial charge is 0.349 e. The lowest BCUT2D eigenvalue weighted by atomic mass is 10.1. The second-order valence-corrected chi connectivity index (χ2v) is 11.5. The summed E-state index contributed by atoms with van der Waals surface area (Å²) in [7, 11) is 3.43. The maximum absolute atomic E-state index is 13.1. The molecule has 1 aliphatic heterocycles. The third-order valence-electron chi connectivity index (χ3n) is 8.08. The van der Waals surface area contributed by atoms with Crippen LogP contribution in [0, 0.1) is 0 Å². The molecule has 6 rings (SSSR count). The van der Waals surface area contributed by atoms with Crippen LogP contribution in [-0.2, 0) is 18.9 Å². The number of benzene rings is 2. The van der Waals surface area contributed by atoms with Crippen molar-refractivity contribution in [3.8, 4) is 0 Å². The molecule has 0 saturated carbocycles. The summed E-state index contributed by atoms with van der Waals surface area (Å²) in [5.74, 6) is -0.879. The molecular formula is C36H35N7O4. The maximum atomic E-state index is 13.1. The minimum atomic E-state index is -0.393. The zero-order chi connectivity index (χ0) is 32.9. The topological polar surface area (TPSA) is 130 Å². The highest BCUT2D eigenvalue weighted by Gasteiger charge is 2.21. The van der Waals surface area contributed by atoms with E-state index in [0.717, 1.165) is 35.0 Å². The van der Waals surface area contributed by atoms with Gasteiger partial charge in [-0.3, -0.25) is 24.2 Å². The van der Waals surface area contributed by atoms with E-state index in [9.17, 15) is 19.2 Å². The van der Waals surface area contributed by atoms with Crippen molar-refractivity contribution in [2.75, 3.05) is 30.3 Å². The smallest absolute Gasteiger partial charge is 0.272 e. The molecule has 0 aliphatic carbocycles. The summed E-state index contributed by atoms with van der Waals surface area (Å²) in [5.41, 5.74) is 4.97. The molecule has 3 N–H and O–H groups in total. The fourth-order valence-electron chi connectivity index (χ4n) is 5.57. The Morgan fingerprint density at radius 3 is 2.17 bits per heavy atom. The molecule has 5 aromatic rings. The van der Waals surface area contributed by atoms with Crippen molar-refractivity contribution in [3.63, 3.8) is 0 Å². The molecular weight excluding hydrogens is 594 g/mol. The van der Waals surface area contributed by atoms with Crippen molar-refractivity contribution in [2.45, 2.75) is 12.8 Å². The fraction of sp³-hybridized carbons (Fsp3) is 0.194. The van der Waals surface area contributed by atoms with Gasteiger partial charge in [-0.25, -0.2) is 0 Å². The number of aromatic nitrogens is 3. The van der Waals surface area contributed by atoms with Crippen molar-refractivity contribution >= 4 is 58.1 Å². The Bertz CT molecular complexity index is 2010. The zero-order valence-electron chi connectivity index (χ0n) is 26.2. The van der Waals surface area contributed by atoms with E-state index in [1.165, 1.54) is 0 Å². The molecule has 4 heterocycles. The van der Waals surface area contributed by atoms with E-state index in [2.05, 4.69) is 27.0 Å². The average Bonchev–Trinajstić information content (AvgIpc) is 3.77. The number of fused-ring (bicyclic) bond motifs is 1. The van der Waals surface area contributed by atoms with Crippen molar-refractivity contribution in [1.82, 2.24) is 24.3 Å². The van der Waals surface area contributed by atoms with Gasteiger partial charge in [0.05, 0.1) is 16.9 Å². The lowest BCUT2D eigenvalue weighted by molar-refractivity contribution is -0.127. The van der Waals surface area contributed by atoms with E-state index in [4.69, 9.17) is 0 Å². The summed E-state index contributed by atoms with van der Waals surface area (Å²) in [5, 5.41) is 9.58. The maximum Gasteiger partial charge on any atom is 0.272 e. The highest BCUT2D eigenvalue weighted by atomic mass is 16.2. The molecule has 0 atom stereocenters. The van der Waals surface area contributed by atoms with Crippen molar-refractivity contribution < 1.29 is 19.2 Å². The van der Waals surface area contributed by atoms with E-state index >= 15 is 0 Å². The van der Waals surface area contributed by atoms with Crippen LogP contribution in [0.25, 0.3) is 23.1 Å². The normalized spacial score (nSPS) is 13.0. The SMILES string of the molecule is Cn1cc(NC(=O)c2cc(NC(=O)c3ccc(/C=C/c4cnc5ccccc5c4)cc3)cn2C)cc1C(=O)NCCN1CCCC1=O. The number of rotatable bonds is 10. The van der Waals surface area contributed by atoms with Crippen LogP contribution in [0.1, 0.15) is 55.3 Å². The minimum Gasteiger partial charge on any atom is -0.349 e. The quantitative estimate of drug-likeness (QED) is 0.202. The molecule has 0 bridgehead atoms. The molecule has 1 fully saturated rings. The molecule has 47 heavy (non-hydrogen) atoms. The first-order valence-corrected chi connectivity index (χ1v) is 15.4. The van der Waals surface area contributed by atoms with Crippen molar-refractivity contribution in [1.29, 1.82) is 0 Å². The van der Waals surface area contributed by atoms with Crippen LogP contribution >= 0.6 is 0 Å². The van der Waals surface area contributed by atoms with E-state index in [-0.39, 0.29) is 17.7 Å². The van der Waals surface area contributed by atoms with Gasteiger partial charge in [0.2, 0.25) is 5.91 Å². The summed E-state index contributed by atoms with van der Waals surface area (Å²) in [6, 6.07) is 20.5. The molecule has 3 aromatic heterocycles. The van der Waals surface area contributed by atoms with Gasteiger partial charge in [-0.2, -0.15) is 0 Å². The van der Waals surface area contributed by atoms with Gasteiger partial charge in [0, 0.05) is 69.7 Å². The molecule has 1 aliphatic rings. The number of hydrogen-bond donors (Lipinski definition) is 3. The van der Waals surface area contributed by atoms with Gasteiger partial charge >= 0.3 is 0 Å². The molecule has 4 amide bonds. The van der Waals surface area contributed by atoms with E-state index in [0.29, 0.717) is 47.8 Å². The lowest BCUT2D eigenvalue weighted by Crippen LogP contribution is -2.36. The van der Waals surface area contributed by atoms with Crippen molar-refractivity contribution in [2.24, 2.45) is 14.1 Å². The predicted octanol–water partition coefficient (Wildman–Crippen LogP) is 4.94. The number of pyridine rings is 1. The summed E-state index contributed by atoms with van der Waals surface area (Å²) in [6.45, 7) is 1.54. The molecule has 11 nitrogen and oxygen atoms in total. The van der Waals surface area contributed by atoms with Gasteiger partial charge in [0.1, 0.15) is 11.4 Å². The Morgan fingerprint density at radius 2 is 1.47 bits per heavy atom. The average molecular weight is 630 g/mol. The van der Waals surface area contributed by atoms with Gasteiger partial charge in [-0.15, -0.1) is 0 Å². The van der Waals surface area contributed by atoms with E-state index in [1.54, 1.807) is 64.8 Å². The van der Waals surface area contributed by atoms with Gasteiger partial charge < -0.3 is 30.0 Å². The molecule has 2 aromatic carbocycles. The third-order valence-corrected chi connectivity index (χ3v) is 8.08. The Labute approximate surface area is 271 Å². The van der Waals surface area contributed by atoms with Crippen molar-refractivity contribution in [3.05, 3.63) is 113 Å². The van der Waals surface area contributed by atoms with Crippen LogP contribution < -0.4 is 16.0 Å². The number of para-hydroxylation sites is 1. The molecule has 0 spiro atoms. The first-order valence-electron chi connectivity index (χ1n) is 15.4. The zero-order valence-corrected chi connectivity index (χ0v) is 26.2. The van der Waals surface area contributed by atoms with Crippen LogP contribution in [0.4, 0.5) is 11.4 Å². The molecule has 11 heteroatoms. The van der Waals surface area contributed by atoms with Crippen LogP contribution in [0.15, 0.2) is 85.3 Å². The fourth-order valence-corrected chi connectivity index (χ4v) is 5.57. The second kappa shape index (κ2) is 13.6. The Kier molecular flexibility index (Phi) is 8.96. The van der Waals surface area contributed by atoms with Gasteiger partial charge in [0.15, 0.2) is 0 Å². The second-order valence-electron chi connectivity index (χ2n) is 11.5. The van der Waals surface area contributed by atoms with Crippen LogP contribution in [0.5, 0.6) is 0 Å². The summed E-state index contributed by atoms with van der Waals surface area (Å²) >= 11 is 0. The molecule has 0 unspecified atom stereocenters. The Hall–Kier alpha value is -5.97. The highest BCUT2D eigenvalue weighted by Crippen LogP contribution is 2.19. The summed E-state index contributed by atoms with van der Waals surface area (Å²) < 4.78 is 3.25. The number of nitrogens with one attached hydrogen (secondary N) is 3. The number of nitrogens with zero attached hydrogens (tertiary/aromatic N) is 4. The Morgan fingerprint density at radius 1 is 0.809 bits per heavy atom. The molecule has 238 valence electrons. The minimum absolute atomic E-state index is 0.111. The first kappa shape index (κ1) is 31.0. The van der Waals surface area contributed by atoms with Gasteiger partial charge in [-0.05, 0) is 53.9 Å². The number of amides is 4. The lowest BCUT2D eigenvalue weighted by Gasteiger charge is -2.15. The number of anilines is 2. The standard InChI is InChI=1S/C36H35N7O4/c1-41-23-29(19-31(41)35(46)37-15-17-43-16-5-8-33(43)44)40-36(47)32-20-28(22-42(32)2)39-34(45)26-13-11-24(12-14-26)9-10-25-18-27-6-3-4-7-30(27)38-21-25/h3-4,6-7,9-14,18-23H,5,8,15-17H2,1-2H3,(H,37,46)(H,39,45)(H,40,47)/b10-9+. The number of hydrogen-bond acceptors (Lipinski definition) is 5. The van der Waals surface area contributed by atoms with Gasteiger partial charge in [-0.1, -0.05) is 42.5 Å². The first-order chi connectivity index (χ1) is 22.7. The van der Waals surface area contributed by atoms with E-state index < -0.39 is 5.91 Å². The number of carbonyl (C=O) groups excluding carboxylic acids is 4. The van der Waals surface area contributed by atoms with Crippen LogP contribution in [-0.4, -0.2) is 62.3 Å². The predicted molar refractivity (Wildman–Crippen MR) is 182 cm³/mol. The number of aryl methyl sites for hydroxylation is 2. The molecule has 0 radical (unpaired) electrons. The van der Waals surface area contributed by atoms with Crippen LogP contribution in [0.3, 0.4) is 0 Å². The highest BCUT2D eigenvalue weighted by molar-refractivity contribution is 6.07. The van der Waals surface area contributed by atoms with Gasteiger partial charge in [0.25, 0.3) is 17.7 Å². The van der Waals surface area contributed by atoms with E-state index in [1.807, 2.05) is 54.7 Å². The number of likely N-dealkylation sites (tertiary alicyclic amines) is 1. The number of carbonyl (C=O) groups is 4. The Balaban J connectivity index is 1.03.